The van der Waals surface area contributed by atoms with Crippen LogP contribution in [-0.2, 0) is 10.9 Å². The number of para-hydroxylation sites is 2. The Labute approximate surface area is 203 Å². The summed E-state index contributed by atoms with van der Waals surface area (Å²) < 4.78 is 62.8. The molecule has 0 amide bonds. The minimum atomic E-state index is -4.73. The van der Waals surface area contributed by atoms with Crippen LogP contribution in [0.1, 0.15) is 25.0 Å². The number of rotatable bonds is 4. The van der Waals surface area contributed by atoms with Gasteiger partial charge >= 0.3 is 6.18 Å². The van der Waals surface area contributed by atoms with Crippen LogP contribution < -0.4 is 10.2 Å². The fourth-order valence-corrected chi connectivity index (χ4v) is 4.69. The Morgan fingerprint density at radius 1 is 0.972 bits per heavy atom. The molecular weight excluding hydrogens is 478 g/mol. The molecule has 1 aromatic carbocycles. The molecule has 0 radical (unpaired) electrons. The first-order valence-electron chi connectivity index (χ1n) is 11.8. The predicted molar refractivity (Wildman–Crippen MR) is 126 cm³/mol. The molecule has 8 nitrogen and oxygen atoms in total. The fourth-order valence-electron chi connectivity index (χ4n) is 4.69. The summed E-state index contributed by atoms with van der Waals surface area (Å²) in [7, 11) is 0. The van der Waals surface area contributed by atoms with Gasteiger partial charge in [0.05, 0.1) is 17.6 Å². The molecule has 0 saturated carbocycles. The van der Waals surface area contributed by atoms with Crippen LogP contribution in [0.15, 0.2) is 36.4 Å². The first-order valence-corrected chi connectivity index (χ1v) is 11.8. The minimum Gasteiger partial charge on any atom is -0.381 e. The van der Waals surface area contributed by atoms with E-state index in [9.17, 15) is 17.6 Å². The second-order valence-corrected chi connectivity index (χ2v) is 9.07. The lowest BCUT2D eigenvalue weighted by Gasteiger charge is -2.25. The molecule has 0 bridgehead atoms. The first kappa shape index (κ1) is 22.9. The number of hydrogen-bond acceptors (Lipinski definition) is 7. The number of nitrogens with one attached hydrogen (secondary N) is 1. The number of aromatic nitrogens is 5. The summed E-state index contributed by atoms with van der Waals surface area (Å²) in [5, 5.41) is 7.92. The van der Waals surface area contributed by atoms with Crippen LogP contribution in [0.4, 0.5) is 29.2 Å². The third kappa shape index (κ3) is 4.29. The topological polar surface area (TPSA) is 80.5 Å². The number of halogens is 4. The van der Waals surface area contributed by atoms with Gasteiger partial charge in [-0.15, -0.1) is 0 Å². The van der Waals surface area contributed by atoms with Crippen molar-refractivity contribution in [3.63, 3.8) is 0 Å². The van der Waals surface area contributed by atoms with Gasteiger partial charge in [0.2, 0.25) is 0 Å². The van der Waals surface area contributed by atoms with E-state index in [1.807, 2.05) is 4.90 Å². The summed E-state index contributed by atoms with van der Waals surface area (Å²) in [5.74, 6) is 1.11. The SMILES string of the molecule is F[C@@H]1CCN(c2cc(NC3CCOCC3)n3nc(-c4nc5ccccc5nc4C(F)(F)F)cc3n2)C1. The Kier molecular flexibility index (Phi) is 5.62. The van der Waals surface area contributed by atoms with Crippen molar-refractivity contribution in [1.82, 2.24) is 24.6 Å². The second kappa shape index (κ2) is 8.84. The maximum Gasteiger partial charge on any atom is 0.435 e. The standard InChI is InChI=1S/C24H23F4N7O/c25-14-5-8-34(13-14)19-12-21(29-15-6-9-36-10-7-15)35-20(32-19)11-18(33-35)22-23(24(26,27)28)31-17-4-2-1-3-16(17)30-22/h1-4,11-12,14-15,29H,5-10,13H2/t14-/m1/s1. The maximum absolute atomic E-state index is 14.0. The van der Waals surface area contributed by atoms with Crippen molar-refractivity contribution in [3.8, 4) is 11.4 Å². The molecule has 0 spiro atoms. The van der Waals surface area contributed by atoms with Crippen LogP contribution >= 0.6 is 0 Å². The number of alkyl halides is 4. The molecule has 2 fully saturated rings. The van der Waals surface area contributed by atoms with Gasteiger partial charge in [0, 0.05) is 37.9 Å². The van der Waals surface area contributed by atoms with E-state index in [1.54, 1.807) is 24.3 Å². The van der Waals surface area contributed by atoms with E-state index in [4.69, 9.17) is 4.74 Å². The van der Waals surface area contributed by atoms with Gasteiger partial charge in [-0.05, 0) is 31.4 Å². The highest BCUT2D eigenvalue weighted by molar-refractivity contribution is 5.79. The van der Waals surface area contributed by atoms with Crippen molar-refractivity contribution >= 4 is 28.3 Å². The molecule has 2 aliphatic heterocycles. The predicted octanol–water partition coefficient (Wildman–Crippen LogP) is 4.50. The van der Waals surface area contributed by atoms with Crippen molar-refractivity contribution < 1.29 is 22.3 Å². The maximum atomic E-state index is 14.0. The van der Waals surface area contributed by atoms with E-state index in [1.165, 1.54) is 16.6 Å². The van der Waals surface area contributed by atoms with Crippen molar-refractivity contribution in [1.29, 1.82) is 0 Å². The fraction of sp³-hybridized carbons (Fsp3) is 0.417. The van der Waals surface area contributed by atoms with Gasteiger partial charge in [-0.1, -0.05) is 12.1 Å². The third-order valence-electron chi connectivity index (χ3n) is 6.52. The average Bonchev–Trinajstić information content (AvgIpc) is 3.50. The Morgan fingerprint density at radius 3 is 2.42 bits per heavy atom. The normalized spacial score (nSPS) is 19.4. The largest absolute Gasteiger partial charge is 0.435 e. The molecule has 6 rings (SSSR count). The lowest BCUT2D eigenvalue weighted by atomic mass is 10.1. The van der Waals surface area contributed by atoms with E-state index in [-0.39, 0.29) is 29.5 Å². The van der Waals surface area contributed by atoms with E-state index >= 15 is 0 Å². The molecular formula is C24H23F4N7O. The average molecular weight is 501 g/mol. The molecule has 3 aromatic heterocycles. The van der Waals surface area contributed by atoms with Crippen LogP contribution in [0.3, 0.4) is 0 Å². The summed E-state index contributed by atoms with van der Waals surface area (Å²) in [6.07, 6.45) is -3.72. The van der Waals surface area contributed by atoms with Gasteiger partial charge in [0.15, 0.2) is 11.3 Å². The van der Waals surface area contributed by atoms with E-state index in [0.717, 1.165) is 12.8 Å². The molecule has 5 heterocycles. The van der Waals surface area contributed by atoms with Gasteiger partial charge in [-0.25, -0.2) is 19.3 Å². The number of fused-ring (bicyclic) bond motifs is 2. The summed E-state index contributed by atoms with van der Waals surface area (Å²) in [6.45, 7) is 1.95. The van der Waals surface area contributed by atoms with Crippen LogP contribution in [0.5, 0.6) is 0 Å². The van der Waals surface area contributed by atoms with Crippen LogP contribution in [-0.4, -0.2) is 63.1 Å². The van der Waals surface area contributed by atoms with Crippen LogP contribution in [0.25, 0.3) is 28.1 Å². The molecule has 1 N–H and O–H groups in total. The highest BCUT2D eigenvalue weighted by Crippen LogP contribution is 2.36. The van der Waals surface area contributed by atoms with E-state index in [0.29, 0.717) is 49.0 Å². The molecule has 0 unspecified atom stereocenters. The first-order chi connectivity index (χ1) is 17.3. The molecule has 2 aliphatic rings. The quantitative estimate of drug-likeness (QED) is 0.413. The minimum absolute atomic E-state index is 0.00467. The molecule has 2 saturated heterocycles. The number of anilines is 2. The monoisotopic (exact) mass is 501 g/mol. The smallest absolute Gasteiger partial charge is 0.381 e. The van der Waals surface area contributed by atoms with Gasteiger partial charge in [-0.2, -0.15) is 22.8 Å². The summed E-state index contributed by atoms with van der Waals surface area (Å²) in [6, 6.07) is 9.74. The Hall–Kier alpha value is -3.54. The van der Waals surface area contributed by atoms with Crippen molar-refractivity contribution in [2.24, 2.45) is 0 Å². The molecule has 0 aliphatic carbocycles. The molecule has 4 aromatic rings. The van der Waals surface area contributed by atoms with Crippen molar-refractivity contribution in [2.75, 3.05) is 36.5 Å². The Bertz CT molecular complexity index is 1420. The summed E-state index contributed by atoms with van der Waals surface area (Å²) in [5.41, 5.74) is -0.654. The molecule has 36 heavy (non-hydrogen) atoms. The van der Waals surface area contributed by atoms with Gasteiger partial charge in [0.1, 0.15) is 29.2 Å². The summed E-state index contributed by atoms with van der Waals surface area (Å²) in [4.78, 5) is 14.6. The lowest BCUT2D eigenvalue weighted by Crippen LogP contribution is -2.29. The number of ether oxygens (including phenoxy) is 1. The lowest BCUT2D eigenvalue weighted by molar-refractivity contribution is -0.140. The zero-order chi connectivity index (χ0) is 24.9. The Morgan fingerprint density at radius 2 is 1.72 bits per heavy atom. The zero-order valence-electron chi connectivity index (χ0n) is 19.2. The van der Waals surface area contributed by atoms with Crippen LogP contribution in [0.2, 0.25) is 0 Å². The van der Waals surface area contributed by atoms with Gasteiger partial charge < -0.3 is 15.0 Å². The van der Waals surface area contributed by atoms with Crippen LogP contribution in [0, 0.1) is 0 Å². The van der Waals surface area contributed by atoms with E-state index in [2.05, 4.69) is 25.4 Å². The van der Waals surface area contributed by atoms with Crippen molar-refractivity contribution in [2.45, 2.75) is 37.7 Å². The number of hydrogen-bond donors (Lipinski definition) is 1. The van der Waals surface area contributed by atoms with Gasteiger partial charge in [0.25, 0.3) is 0 Å². The van der Waals surface area contributed by atoms with Crippen molar-refractivity contribution in [3.05, 3.63) is 42.1 Å². The Balaban J connectivity index is 1.50. The molecule has 12 heteroatoms. The highest BCUT2D eigenvalue weighted by Gasteiger charge is 2.38. The second-order valence-electron chi connectivity index (χ2n) is 9.07. The van der Waals surface area contributed by atoms with Gasteiger partial charge in [-0.3, -0.25) is 0 Å². The molecule has 1 atom stereocenters. The third-order valence-corrected chi connectivity index (χ3v) is 6.52. The van der Waals surface area contributed by atoms with E-state index < -0.39 is 18.0 Å². The number of benzene rings is 1. The summed E-state index contributed by atoms with van der Waals surface area (Å²) >= 11 is 0. The number of nitrogens with zero attached hydrogens (tertiary/aromatic N) is 6. The highest BCUT2D eigenvalue weighted by atomic mass is 19.4. The zero-order valence-corrected chi connectivity index (χ0v) is 19.2. The molecule has 188 valence electrons.